The second kappa shape index (κ2) is 51.3. The van der Waals surface area contributed by atoms with E-state index in [2.05, 4.69) is 106 Å². The number of benzene rings is 4. The zero-order chi connectivity index (χ0) is 101. The Morgan fingerprint density at radius 2 is 0.643 bits per heavy atom. The summed E-state index contributed by atoms with van der Waals surface area (Å²) in [6.07, 6.45) is 23.8. The van der Waals surface area contributed by atoms with Crippen molar-refractivity contribution in [2.45, 2.75) is 193 Å². The van der Waals surface area contributed by atoms with Crippen molar-refractivity contribution in [3.05, 3.63) is 380 Å². The Balaban J connectivity index is 0.000000144. The molecule has 143 heavy (non-hydrogen) atoms. The van der Waals surface area contributed by atoms with Gasteiger partial charge in [-0.25, -0.2) is 0 Å². The Kier molecular flexibility index (Phi) is 36.9. The second-order valence-electron chi connectivity index (χ2n) is 33.9. The molecule has 14 aromatic heterocycles. The highest BCUT2D eigenvalue weighted by Crippen LogP contribution is 2.25. The summed E-state index contributed by atoms with van der Waals surface area (Å²) in [5.41, 5.74) is 16.7. The molecular formula is C105H116N24O14. The van der Waals surface area contributed by atoms with Crippen LogP contribution in [0.1, 0.15) is 174 Å². The Morgan fingerprint density at radius 1 is 0.322 bits per heavy atom. The van der Waals surface area contributed by atoms with Gasteiger partial charge in [0.25, 0.3) is 0 Å². The van der Waals surface area contributed by atoms with Gasteiger partial charge in [0.2, 0.25) is 35.4 Å². The van der Waals surface area contributed by atoms with Crippen LogP contribution in [0.5, 0.6) is 0 Å². The first-order valence-electron chi connectivity index (χ1n) is 46.5. The zero-order valence-corrected chi connectivity index (χ0v) is 82.0. The van der Waals surface area contributed by atoms with Crippen LogP contribution in [0.4, 0.5) is 34.9 Å². The summed E-state index contributed by atoms with van der Waals surface area (Å²) < 4.78 is 51.5. The third-order valence-corrected chi connectivity index (χ3v) is 22.8. The SMILES string of the molecule is Cc1noc(C)c1Cn1ccc(NC(=O)/C=C/Cc2ccccc2)n1.Cc1noc(C)c1Cn1ccc(NC(=O)CC(C)c2ccccc2)n1.Cc1noc(C)c1Cn1ccc(NC(=O)CCCc2ccccc2)n1.Cc1noc(C)c1Cn1ccc(NC(=O)CCc2ccccc2)n1.Cc1noc(C)c1Cn1ccc(NC(=O)Cc2ccco2)n1.Cc1noc(C)c1Cn1ccc(NC(=O)Cc2ccoc2)n1. The maximum absolute atomic E-state index is 12.2. The first-order chi connectivity index (χ1) is 69.1. The summed E-state index contributed by atoms with van der Waals surface area (Å²) in [5, 5.41) is 66.5. The first kappa shape index (κ1) is 103. The summed E-state index contributed by atoms with van der Waals surface area (Å²) in [6.45, 7) is 28.1. The van der Waals surface area contributed by atoms with Crippen molar-refractivity contribution in [1.29, 1.82) is 0 Å². The zero-order valence-electron chi connectivity index (χ0n) is 82.0. The molecule has 6 amide bonds. The molecule has 0 aliphatic carbocycles. The number of amides is 6. The van der Waals surface area contributed by atoms with Crippen molar-refractivity contribution in [2.75, 3.05) is 31.9 Å². The molecule has 0 radical (unpaired) electrons. The number of hydrogen-bond donors (Lipinski definition) is 6. The quantitative estimate of drug-likeness (QED) is 0.0201. The number of allylic oxidation sites excluding steroid dienone is 1. The molecule has 0 bridgehead atoms. The lowest BCUT2D eigenvalue weighted by Crippen LogP contribution is -2.15. The van der Waals surface area contributed by atoms with Crippen LogP contribution in [0.2, 0.25) is 0 Å². The summed E-state index contributed by atoms with van der Waals surface area (Å²) in [4.78, 5) is 72.1. The van der Waals surface area contributed by atoms with Crippen LogP contribution >= 0.6 is 0 Å². The van der Waals surface area contributed by atoms with E-state index in [1.54, 1.807) is 114 Å². The van der Waals surface area contributed by atoms with Crippen LogP contribution in [-0.2, 0) is 100 Å². The number of hydrogen-bond acceptors (Lipinski definition) is 26. The van der Waals surface area contributed by atoms with Gasteiger partial charge in [-0.05, 0) is 167 Å². The molecule has 0 spiro atoms. The van der Waals surface area contributed by atoms with Gasteiger partial charge in [0, 0.05) is 126 Å². The lowest BCUT2D eigenvalue weighted by atomic mass is 9.98. The molecule has 0 aliphatic rings. The molecule has 14 heterocycles. The molecule has 740 valence electrons. The van der Waals surface area contributed by atoms with E-state index in [0.29, 0.717) is 106 Å². The maximum Gasteiger partial charge on any atom is 0.249 e. The number of nitrogens with zero attached hydrogens (tertiary/aromatic N) is 18. The molecule has 0 saturated carbocycles. The second-order valence-corrected chi connectivity index (χ2v) is 33.9. The highest BCUT2D eigenvalue weighted by atomic mass is 16.5. The average molecular weight is 1940 g/mol. The van der Waals surface area contributed by atoms with Crippen molar-refractivity contribution < 1.29 is 64.7 Å². The lowest BCUT2D eigenvalue weighted by Gasteiger charge is -2.11. The van der Waals surface area contributed by atoms with Gasteiger partial charge in [-0.3, -0.25) is 56.9 Å². The minimum atomic E-state index is -0.196. The van der Waals surface area contributed by atoms with Crippen LogP contribution < -0.4 is 31.9 Å². The predicted molar refractivity (Wildman–Crippen MR) is 533 cm³/mol. The third kappa shape index (κ3) is 32.0. The monoisotopic (exact) mass is 1940 g/mol. The van der Waals surface area contributed by atoms with Gasteiger partial charge in [0.1, 0.15) is 40.3 Å². The van der Waals surface area contributed by atoms with Crippen molar-refractivity contribution in [1.82, 2.24) is 89.6 Å². The summed E-state index contributed by atoms with van der Waals surface area (Å²) >= 11 is 0. The normalized spacial score (nSPS) is 11.1. The molecule has 1 atom stereocenters. The van der Waals surface area contributed by atoms with Crippen molar-refractivity contribution in [3.63, 3.8) is 0 Å². The number of aromatic nitrogens is 18. The highest BCUT2D eigenvalue weighted by Gasteiger charge is 2.21. The standard InChI is InChI=1S/2C19H22N4O2.C19H20N4O2.C18H20N4O2.2C15H16N4O3/c1-13(16-7-5-4-6-8-16)11-19(24)20-18-9-10-23(21-18)12-17-14(2)22-25-15(17)3;2*1-14-17(15(2)25-22-14)13-23-12-11-18(21-23)20-19(24)10-6-9-16-7-4-3-5-8-16;1-13-16(14(2)24-21-13)12-22-11-10-17(20-22)19-18(23)9-8-15-6-4-3-5-7-15;1-10-13(11(2)22-18-10)8-19-5-3-14(17-19)16-15(20)7-12-4-6-21-9-12;1-10-13(11(2)22-18-10)9-19-6-5-14(17-19)16-15(20)8-12-4-3-7-21-12/h4-10,13H,11-12H2,1-3H3,(H,20,21,24);3-5,7-8,11-12H,6,9-10,13H2,1-2H3,(H,20,21,24);3-8,10-12H,9,13H2,1-2H3,(H,20,21,24);3-7,10-11H,8-9,12H2,1-2H3,(H,19,20,23);3-6,9H,7-8H2,1-2H3,(H,16,17,20);3-7H,8-9H2,1-2H3,(H,16,17,20)/b;;10-6+;;;. The molecule has 18 aromatic rings. The van der Waals surface area contributed by atoms with Gasteiger partial charge in [-0.15, -0.1) is 0 Å². The fourth-order valence-corrected chi connectivity index (χ4v) is 14.8. The highest BCUT2D eigenvalue weighted by molar-refractivity contribution is 5.98. The van der Waals surface area contributed by atoms with Gasteiger partial charge in [0.05, 0.1) is 105 Å². The van der Waals surface area contributed by atoms with E-state index in [4.69, 9.17) is 36.0 Å². The third-order valence-electron chi connectivity index (χ3n) is 22.8. The number of anilines is 6. The fraction of sp³-hybridized carbons (Fsp3) is 0.276. The number of furan rings is 2. The predicted octanol–water partition coefficient (Wildman–Crippen LogP) is 18.2. The molecule has 38 nitrogen and oxygen atoms in total. The van der Waals surface area contributed by atoms with E-state index >= 15 is 0 Å². The summed E-state index contributed by atoms with van der Waals surface area (Å²) in [7, 11) is 0. The first-order valence-corrected chi connectivity index (χ1v) is 46.5. The van der Waals surface area contributed by atoms with Crippen LogP contribution in [0.15, 0.2) is 280 Å². The van der Waals surface area contributed by atoms with Crippen LogP contribution in [0.25, 0.3) is 0 Å². The van der Waals surface area contributed by atoms with E-state index < -0.39 is 0 Å². The maximum atomic E-state index is 12.2. The van der Waals surface area contributed by atoms with E-state index in [1.807, 2.05) is 230 Å². The molecule has 6 N–H and O–H groups in total. The van der Waals surface area contributed by atoms with Gasteiger partial charge >= 0.3 is 0 Å². The van der Waals surface area contributed by atoms with Crippen LogP contribution in [-0.4, -0.2) is 125 Å². The van der Waals surface area contributed by atoms with Gasteiger partial charge in [-0.1, -0.05) is 165 Å². The number of nitrogens with one attached hydrogen (secondary N) is 6. The number of rotatable bonds is 35. The molecule has 18 rings (SSSR count). The van der Waals surface area contributed by atoms with Crippen LogP contribution in [0, 0.1) is 83.1 Å². The smallest absolute Gasteiger partial charge is 0.249 e. The van der Waals surface area contributed by atoms with E-state index in [0.717, 1.165) is 144 Å². The van der Waals surface area contributed by atoms with E-state index in [-0.39, 0.29) is 54.2 Å². The van der Waals surface area contributed by atoms with Crippen molar-refractivity contribution in [2.24, 2.45) is 0 Å². The average Bonchev–Trinajstić information content (AvgIpc) is 1.70. The topological polar surface area (TPSA) is 464 Å². The Labute approximate surface area is 825 Å². The molecule has 0 fully saturated rings. The number of carbonyl (C=O) groups excluding carboxylic acids is 6. The van der Waals surface area contributed by atoms with Crippen LogP contribution in [0.3, 0.4) is 0 Å². The Bertz CT molecular complexity index is 6850. The Hall–Kier alpha value is -17.5. The fourth-order valence-electron chi connectivity index (χ4n) is 14.8. The summed E-state index contributed by atoms with van der Waals surface area (Å²) in [5.74, 6) is 8.08. The number of aryl methyl sites for hydroxylation is 14. The van der Waals surface area contributed by atoms with Gasteiger partial charge in [0.15, 0.2) is 34.9 Å². The summed E-state index contributed by atoms with van der Waals surface area (Å²) in [6, 6.07) is 56.1. The van der Waals surface area contributed by atoms with Gasteiger partial charge < -0.3 is 67.9 Å². The van der Waals surface area contributed by atoms with Crippen molar-refractivity contribution in [3.8, 4) is 0 Å². The van der Waals surface area contributed by atoms with Gasteiger partial charge in [-0.2, -0.15) is 30.6 Å². The minimum absolute atomic E-state index is 0.0153. The molecule has 4 aromatic carbocycles. The number of carbonyl (C=O) groups is 6. The largest absolute Gasteiger partial charge is 0.472 e. The molecule has 0 aliphatic heterocycles. The minimum Gasteiger partial charge on any atom is -0.472 e. The molecular weight excluding hydrogens is 1820 g/mol. The van der Waals surface area contributed by atoms with Crippen molar-refractivity contribution >= 4 is 70.4 Å². The van der Waals surface area contributed by atoms with E-state index in [9.17, 15) is 28.8 Å². The molecule has 38 heteroatoms. The molecule has 1 unspecified atom stereocenters. The lowest BCUT2D eigenvalue weighted by molar-refractivity contribution is -0.117. The molecule has 0 saturated heterocycles. The Morgan fingerprint density at radius 3 is 0.979 bits per heavy atom. The van der Waals surface area contributed by atoms with E-state index in [1.165, 1.54) is 11.6 Å².